The summed E-state index contributed by atoms with van der Waals surface area (Å²) in [6, 6.07) is -1.02. The van der Waals surface area contributed by atoms with E-state index in [0.29, 0.717) is 12.8 Å². The first-order valence-electron chi connectivity index (χ1n) is 5.15. The maximum Gasteiger partial charge on any atom is 0.326 e. The molecule has 0 aliphatic heterocycles. The molecule has 0 aromatic heterocycles. The van der Waals surface area contributed by atoms with Gasteiger partial charge in [0, 0.05) is 6.42 Å². The highest BCUT2D eigenvalue weighted by Gasteiger charge is 2.18. The molecule has 6 nitrogen and oxygen atoms in total. The lowest BCUT2D eigenvalue weighted by Crippen LogP contribution is -2.40. The van der Waals surface area contributed by atoms with Gasteiger partial charge in [0.2, 0.25) is 0 Å². The van der Waals surface area contributed by atoms with Crippen LogP contribution in [0.15, 0.2) is 0 Å². The topological polar surface area (TPSA) is 104 Å². The van der Waals surface area contributed by atoms with E-state index in [1.807, 2.05) is 0 Å². The lowest BCUT2D eigenvalue weighted by atomic mass is 10.1. The molecule has 94 valence electrons. The van der Waals surface area contributed by atoms with E-state index in [1.165, 1.54) is 6.92 Å². The Morgan fingerprint density at radius 1 is 1.24 bits per heavy atom. The summed E-state index contributed by atoms with van der Waals surface area (Å²) < 4.78 is 0. The Morgan fingerprint density at radius 2 is 1.88 bits per heavy atom. The molecule has 3 N–H and O–H groups in total. The van der Waals surface area contributed by atoms with Crippen molar-refractivity contribution in [2.24, 2.45) is 0 Å². The molecule has 0 spiro atoms. The highest BCUT2D eigenvalue weighted by molar-refractivity contribution is 5.95. The van der Waals surface area contributed by atoms with Gasteiger partial charge < -0.3 is 15.5 Å². The van der Waals surface area contributed by atoms with Crippen LogP contribution in [0.5, 0.6) is 0 Å². The van der Waals surface area contributed by atoms with E-state index in [0.717, 1.165) is 0 Å². The molecule has 0 bridgehead atoms. The summed E-state index contributed by atoms with van der Waals surface area (Å²) >= 11 is 0. The van der Waals surface area contributed by atoms with E-state index < -0.39 is 23.9 Å². The van der Waals surface area contributed by atoms with Crippen LogP contribution in [0.1, 0.15) is 32.6 Å². The fourth-order valence-electron chi connectivity index (χ4n) is 1.19. The van der Waals surface area contributed by atoms with Crippen LogP contribution >= 0.6 is 0 Å². The third kappa shape index (κ3) is 7.85. The number of unbranched alkanes of at least 4 members (excludes halogenated alkanes) is 1. The van der Waals surface area contributed by atoms with Crippen LogP contribution < -0.4 is 5.32 Å². The van der Waals surface area contributed by atoms with E-state index in [1.54, 1.807) is 0 Å². The normalized spacial score (nSPS) is 10.9. The Balaban J connectivity index is 4.06. The Kier molecular flexibility index (Phi) is 7.19. The molecule has 0 rings (SSSR count). The highest BCUT2D eigenvalue weighted by Crippen LogP contribution is 2.04. The number of aliphatic carboxylic acids is 2. The van der Waals surface area contributed by atoms with E-state index in [-0.39, 0.29) is 12.8 Å². The van der Waals surface area contributed by atoms with Gasteiger partial charge in [0.25, 0.3) is 5.91 Å². The fraction of sp³-hybridized carbons (Fsp3) is 0.545. The monoisotopic (exact) mass is 241 g/mol. The number of carbonyl (C=O) groups excluding carboxylic acids is 1. The molecule has 0 radical (unpaired) electrons. The lowest BCUT2D eigenvalue weighted by molar-refractivity contribution is -0.141. The largest absolute Gasteiger partial charge is 0.481 e. The second-order valence-corrected chi connectivity index (χ2v) is 3.38. The fourth-order valence-corrected chi connectivity index (χ4v) is 1.19. The third-order valence-electron chi connectivity index (χ3n) is 1.98. The Labute approximate surface area is 99.0 Å². The van der Waals surface area contributed by atoms with Crippen LogP contribution in [0.25, 0.3) is 0 Å². The van der Waals surface area contributed by atoms with Gasteiger partial charge >= 0.3 is 11.9 Å². The van der Waals surface area contributed by atoms with E-state index >= 15 is 0 Å². The summed E-state index contributed by atoms with van der Waals surface area (Å²) in [7, 11) is 0. The highest BCUT2D eigenvalue weighted by atomic mass is 16.4. The molecule has 0 aliphatic carbocycles. The molecule has 0 aromatic rings. The van der Waals surface area contributed by atoms with Gasteiger partial charge in [-0.3, -0.25) is 9.59 Å². The molecule has 1 atom stereocenters. The minimum atomic E-state index is -1.15. The molecule has 0 saturated carbocycles. The van der Waals surface area contributed by atoms with E-state index in [9.17, 15) is 14.4 Å². The molecule has 0 aromatic carbocycles. The minimum Gasteiger partial charge on any atom is -0.481 e. The SMILES string of the molecule is CC#CC(=O)NC(CCCCC(=O)O)C(=O)O. The number of hydrogen-bond acceptors (Lipinski definition) is 3. The molecule has 0 aliphatic rings. The lowest BCUT2D eigenvalue weighted by Gasteiger charge is -2.11. The average Bonchev–Trinajstić information content (AvgIpc) is 2.22. The second kappa shape index (κ2) is 8.16. The van der Waals surface area contributed by atoms with Gasteiger partial charge in [-0.05, 0) is 25.7 Å². The number of carboxylic acid groups (broad SMARTS) is 2. The van der Waals surface area contributed by atoms with Crippen molar-refractivity contribution in [3.05, 3.63) is 0 Å². The zero-order chi connectivity index (χ0) is 13.3. The van der Waals surface area contributed by atoms with Crippen molar-refractivity contribution in [3.63, 3.8) is 0 Å². The van der Waals surface area contributed by atoms with Crippen LogP contribution in [0.3, 0.4) is 0 Å². The van der Waals surface area contributed by atoms with Crippen molar-refractivity contribution in [3.8, 4) is 11.8 Å². The molecule has 17 heavy (non-hydrogen) atoms. The van der Waals surface area contributed by atoms with Crippen molar-refractivity contribution in [1.82, 2.24) is 5.32 Å². The number of rotatable bonds is 7. The quantitative estimate of drug-likeness (QED) is 0.437. The van der Waals surface area contributed by atoms with Crippen LogP contribution in [-0.4, -0.2) is 34.1 Å². The summed E-state index contributed by atoms with van der Waals surface area (Å²) in [5.41, 5.74) is 0. The molecular formula is C11H15NO5. The van der Waals surface area contributed by atoms with Crippen molar-refractivity contribution in [2.45, 2.75) is 38.6 Å². The molecule has 1 amide bonds. The second-order valence-electron chi connectivity index (χ2n) is 3.38. The standard InChI is InChI=1S/C11H15NO5/c1-2-5-9(13)12-8(11(16)17)6-3-4-7-10(14)15/h8H,3-4,6-7H2,1H3,(H,12,13)(H,14,15)(H,16,17). The maximum atomic E-state index is 11.1. The molecule has 0 fully saturated rings. The molecule has 1 unspecified atom stereocenters. The molecular weight excluding hydrogens is 226 g/mol. The van der Waals surface area contributed by atoms with Gasteiger partial charge in [0.05, 0.1) is 0 Å². The molecule has 0 saturated heterocycles. The summed E-state index contributed by atoms with van der Waals surface area (Å²) in [4.78, 5) is 32.1. The predicted molar refractivity (Wildman–Crippen MR) is 59.1 cm³/mol. The first kappa shape index (κ1) is 15.0. The molecule has 6 heteroatoms. The zero-order valence-electron chi connectivity index (χ0n) is 9.52. The summed E-state index contributed by atoms with van der Waals surface area (Å²) in [5.74, 6) is 1.84. The third-order valence-corrected chi connectivity index (χ3v) is 1.98. The number of carbonyl (C=O) groups is 3. The zero-order valence-corrected chi connectivity index (χ0v) is 9.52. The predicted octanol–water partition coefficient (Wildman–Crippen LogP) is 0.224. The Bertz CT molecular complexity index is 353. The van der Waals surface area contributed by atoms with Crippen LogP contribution in [0.2, 0.25) is 0 Å². The van der Waals surface area contributed by atoms with Gasteiger partial charge in [-0.1, -0.05) is 12.3 Å². The first-order chi connectivity index (χ1) is 7.97. The average molecular weight is 241 g/mol. The summed E-state index contributed by atoms with van der Waals surface area (Å²) in [6.07, 6.45) is 0.992. The minimum absolute atomic E-state index is 0.00491. The van der Waals surface area contributed by atoms with Gasteiger partial charge in [-0.2, -0.15) is 0 Å². The van der Waals surface area contributed by atoms with E-state index in [4.69, 9.17) is 10.2 Å². The van der Waals surface area contributed by atoms with Gasteiger partial charge in [0.1, 0.15) is 6.04 Å². The number of carboxylic acids is 2. The van der Waals surface area contributed by atoms with Crippen LogP contribution in [0.4, 0.5) is 0 Å². The Morgan fingerprint density at radius 3 is 2.35 bits per heavy atom. The van der Waals surface area contributed by atoms with Crippen molar-refractivity contribution >= 4 is 17.8 Å². The van der Waals surface area contributed by atoms with Crippen LogP contribution in [-0.2, 0) is 14.4 Å². The first-order valence-corrected chi connectivity index (χ1v) is 5.15. The number of hydrogen-bond donors (Lipinski definition) is 3. The van der Waals surface area contributed by atoms with Gasteiger partial charge in [-0.15, -0.1) is 0 Å². The van der Waals surface area contributed by atoms with Gasteiger partial charge in [-0.25, -0.2) is 4.79 Å². The summed E-state index contributed by atoms with van der Waals surface area (Å²) in [6.45, 7) is 1.47. The summed E-state index contributed by atoms with van der Waals surface area (Å²) in [5, 5.41) is 19.5. The Hall–Kier alpha value is -2.03. The molecule has 0 heterocycles. The van der Waals surface area contributed by atoms with Crippen molar-refractivity contribution in [2.75, 3.05) is 0 Å². The van der Waals surface area contributed by atoms with Gasteiger partial charge in [0.15, 0.2) is 0 Å². The number of nitrogens with one attached hydrogen (secondary N) is 1. The smallest absolute Gasteiger partial charge is 0.326 e. The van der Waals surface area contributed by atoms with Crippen molar-refractivity contribution in [1.29, 1.82) is 0 Å². The number of amides is 1. The van der Waals surface area contributed by atoms with Crippen LogP contribution in [0, 0.1) is 11.8 Å². The van der Waals surface area contributed by atoms with Crippen molar-refractivity contribution < 1.29 is 24.6 Å². The maximum absolute atomic E-state index is 11.1. The van der Waals surface area contributed by atoms with E-state index in [2.05, 4.69) is 17.2 Å².